The molecule has 0 atom stereocenters. The Kier molecular flexibility index (Phi) is 2.46. The minimum atomic E-state index is 1.14. The molecule has 0 aliphatic carbocycles. The van der Waals surface area contributed by atoms with Crippen LogP contribution in [0.1, 0.15) is 11.1 Å². The van der Waals surface area contributed by atoms with Gasteiger partial charge in [-0.25, -0.2) is 0 Å². The third kappa shape index (κ3) is 1.71. The first kappa shape index (κ1) is 11.2. The first-order valence-electron chi connectivity index (χ1n) is 6.66. The Morgan fingerprint density at radius 2 is 2.00 bits per heavy atom. The van der Waals surface area contributed by atoms with Gasteiger partial charge >= 0.3 is 0 Å². The summed E-state index contributed by atoms with van der Waals surface area (Å²) < 4.78 is 0. The van der Waals surface area contributed by atoms with Gasteiger partial charge in [0.25, 0.3) is 0 Å². The standard InChI is InChI=1S/C17H15NS/c1-11-6-7-15-14(10-11)12-8-9-19-16-5-3-2-4-13(16)17(12)18-15/h2-7,10,18H,8-9H2,1H3. The minimum Gasteiger partial charge on any atom is -0.354 e. The van der Waals surface area contributed by atoms with E-state index in [2.05, 4.69) is 54.4 Å². The number of rotatable bonds is 0. The monoisotopic (exact) mass is 265 g/mol. The van der Waals surface area contributed by atoms with E-state index in [1.54, 1.807) is 0 Å². The summed E-state index contributed by atoms with van der Waals surface area (Å²) >= 11 is 1.96. The number of fused-ring (bicyclic) bond motifs is 5. The van der Waals surface area contributed by atoms with E-state index >= 15 is 0 Å². The van der Waals surface area contributed by atoms with Gasteiger partial charge in [-0.2, -0.15) is 0 Å². The van der Waals surface area contributed by atoms with Crippen molar-refractivity contribution in [1.29, 1.82) is 0 Å². The maximum atomic E-state index is 3.63. The number of aryl methyl sites for hydroxylation is 2. The maximum absolute atomic E-state index is 3.63. The second kappa shape index (κ2) is 4.17. The van der Waals surface area contributed by atoms with Crippen LogP contribution in [0.2, 0.25) is 0 Å². The van der Waals surface area contributed by atoms with E-state index in [0.717, 1.165) is 12.2 Å². The maximum Gasteiger partial charge on any atom is 0.0509 e. The molecule has 0 saturated heterocycles. The quantitative estimate of drug-likeness (QED) is 0.618. The van der Waals surface area contributed by atoms with Gasteiger partial charge in [0.2, 0.25) is 0 Å². The first-order chi connectivity index (χ1) is 9.33. The molecule has 0 unspecified atom stereocenters. The van der Waals surface area contributed by atoms with Crippen molar-refractivity contribution >= 4 is 22.7 Å². The molecule has 1 nitrogen and oxygen atoms in total. The molecule has 1 N–H and O–H groups in total. The van der Waals surface area contributed by atoms with Crippen molar-refractivity contribution in [3.8, 4) is 11.3 Å². The highest BCUT2D eigenvalue weighted by atomic mass is 32.2. The second-order valence-electron chi connectivity index (χ2n) is 5.12. The van der Waals surface area contributed by atoms with Crippen molar-refractivity contribution in [3.05, 3.63) is 53.6 Å². The molecule has 2 heterocycles. The van der Waals surface area contributed by atoms with Crippen LogP contribution in [-0.2, 0) is 6.42 Å². The minimum absolute atomic E-state index is 1.14. The molecule has 0 fully saturated rings. The van der Waals surface area contributed by atoms with Crippen molar-refractivity contribution < 1.29 is 0 Å². The molecule has 1 aliphatic rings. The molecule has 2 heteroatoms. The van der Waals surface area contributed by atoms with E-state index in [-0.39, 0.29) is 0 Å². The van der Waals surface area contributed by atoms with Crippen LogP contribution in [0, 0.1) is 6.92 Å². The molecular weight excluding hydrogens is 250 g/mol. The smallest absolute Gasteiger partial charge is 0.0509 e. The van der Waals surface area contributed by atoms with Crippen LogP contribution in [0.4, 0.5) is 0 Å². The summed E-state index contributed by atoms with van der Waals surface area (Å²) in [5.74, 6) is 1.16. The Morgan fingerprint density at radius 3 is 2.95 bits per heavy atom. The zero-order valence-corrected chi connectivity index (χ0v) is 11.7. The fourth-order valence-corrected chi connectivity index (χ4v) is 3.94. The van der Waals surface area contributed by atoms with Gasteiger partial charge in [0.1, 0.15) is 0 Å². The third-order valence-corrected chi connectivity index (χ3v) is 4.90. The molecule has 2 aromatic carbocycles. The summed E-state index contributed by atoms with van der Waals surface area (Å²) in [6, 6.07) is 15.4. The number of H-pyrrole nitrogens is 1. The SMILES string of the molecule is Cc1ccc2[nH]c3c(c2c1)CCSc1ccccc1-3. The fourth-order valence-electron chi connectivity index (χ4n) is 2.91. The molecule has 94 valence electrons. The molecular formula is C17H15NS. The Bertz CT molecular complexity index is 770. The molecule has 0 spiro atoms. The molecule has 1 aliphatic heterocycles. The van der Waals surface area contributed by atoms with Crippen molar-refractivity contribution in [2.75, 3.05) is 5.75 Å². The van der Waals surface area contributed by atoms with Crippen molar-refractivity contribution in [3.63, 3.8) is 0 Å². The molecule has 4 rings (SSSR count). The summed E-state index contributed by atoms with van der Waals surface area (Å²) in [5.41, 5.74) is 6.75. The van der Waals surface area contributed by atoms with E-state index in [1.807, 2.05) is 11.8 Å². The van der Waals surface area contributed by atoms with Crippen LogP contribution in [0.5, 0.6) is 0 Å². The van der Waals surface area contributed by atoms with Gasteiger partial charge in [-0.05, 0) is 37.1 Å². The zero-order valence-electron chi connectivity index (χ0n) is 10.9. The highest BCUT2D eigenvalue weighted by Gasteiger charge is 2.18. The fraction of sp³-hybridized carbons (Fsp3) is 0.176. The summed E-state index contributed by atoms with van der Waals surface area (Å²) in [6.07, 6.45) is 1.14. The Labute approximate surface area is 117 Å². The van der Waals surface area contributed by atoms with Crippen LogP contribution >= 0.6 is 11.8 Å². The van der Waals surface area contributed by atoms with E-state index in [1.165, 1.54) is 38.2 Å². The average Bonchev–Trinajstić information content (AvgIpc) is 2.67. The first-order valence-corrected chi connectivity index (χ1v) is 7.65. The summed E-state index contributed by atoms with van der Waals surface area (Å²) in [5, 5.41) is 1.40. The van der Waals surface area contributed by atoms with Gasteiger partial charge in [-0.15, -0.1) is 11.8 Å². The summed E-state index contributed by atoms with van der Waals surface area (Å²) in [7, 11) is 0. The summed E-state index contributed by atoms with van der Waals surface area (Å²) in [6.45, 7) is 2.16. The van der Waals surface area contributed by atoms with Crippen molar-refractivity contribution in [2.45, 2.75) is 18.2 Å². The lowest BCUT2D eigenvalue weighted by molar-refractivity contribution is 1.18. The molecule has 3 aromatic rings. The van der Waals surface area contributed by atoms with Gasteiger partial charge in [-0.3, -0.25) is 0 Å². The summed E-state index contributed by atoms with van der Waals surface area (Å²) in [4.78, 5) is 5.02. The van der Waals surface area contributed by atoms with Crippen LogP contribution in [0.15, 0.2) is 47.4 Å². The number of benzene rings is 2. The van der Waals surface area contributed by atoms with Crippen molar-refractivity contribution in [1.82, 2.24) is 4.98 Å². The second-order valence-corrected chi connectivity index (χ2v) is 6.26. The number of thioether (sulfide) groups is 1. The molecule has 19 heavy (non-hydrogen) atoms. The van der Waals surface area contributed by atoms with Gasteiger partial charge < -0.3 is 4.98 Å². The Balaban J connectivity index is 2.08. The molecule has 0 amide bonds. The highest BCUT2D eigenvalue weighted by Crippen LogP contribution is 2.40. The topological polar surface area (TPSA) is 15.8 Å². The number of nitrogens with one attached hydrogen (secondary N) is 1. The van der Waals surface area contributed by atoms with Crippen LogP contribution < -0.4 is 0 Å². The number of hydrogen-bond donors (Lipinski definition) is 1. The van der Waals surface area contributed by atoms with E-state index in [4.69, 9.17) is 0 Å². The normalized spacial score (nSPS) is 13.9. The van der Waals surface area contributed by atoms with E-state index in [9.17, 15) is 0 Å². The lowest BCUT2D eigenvalue weighted by atomic mass is 10.0. The van der Waals surface area contributed by atoms with Gasteiger partial charge in [0.15, 0.2) is 0 Å². The molecule has 1 aromatic heterocycles. The lowest BCUT2D eigenvalue weighted by Crippen LogP contribution is -1.86. The predicted octanol–water partition coefficient (Wildman–Crippen LogP) is 4.79. The molecule has 0 bridgehead atoms. The molecule has 0 saturated carbocycles. The highest BCUT2D eigenvalue weighted by molar-refractivity contribution is 7.99. The van der Waals surface area contributed by atoms with Crippen LogP contribution in [-0.4, -0.2) is 10.7 Å². The van der Waals surface area contributed by atoms with Gasteiger partial charge in [0.05, 0.1) is 5.69 Å². The number of aromatic nitrogens is 1. The third-order valence-electron chi connectivity index (χ3n) is 3.83. The zero-order chi connectivity index (χ0) is 12.8. The largest absolute Gasteiger partial charge is 0.354 e. The van der Waals surface area contributed by atoms with E-state index < -0.39 is 0 Å². The predicted molar refractivity (Wildman–Crippen MR) is 82.9 cm³/mol. The number of hydrogen-bond acceptors (Lipinski definition) is 1. The molecule has 0 radical (unpaired) electrons. The van der Waals surface area contributed by atoms with Crippen molar-refractivity contribution in [2.24, 2.45) is 0 Å². The van der Waals surface area contributed by atoms with Crippen LogP contribution in [0.3, 0.4) is 0 Å². The average molecular weight is 265 g/mol. The Morgan fingerprint density at radius 1 is 1.11 bits per heavy atom. The lowest BCUT2D eigenvalue weighted by Gasteiger charge is -2.03. The Hall–Kier alpha value is -1.67. The van der Waals surface area contributed by atoms with Crippen LogP contribution in [0.25, 0.3) is 22.2 Å². The van der Waals surface area contributed by atoms with Gasteiger partial charge in [-0.1, -0.05) is 29.8 Å². The van der Waals surface area contributed by atoms with E-state index in [0.29, 0.717) is 0 Å². The van der Waals surface area contributed by atoms with Gasteiger partial charge in [0, 0.05) is 27.1 Å². The number of aromatic amines is 1.